The third-order valence-electron chi connectivity index (χ3n) is 3.51. The number of hydrogen-bond acceptors (Lipinski definition) is 0. The Hall–Kier alpha value is -0.0900. The van der Waals surface area contributed by atoms with Gasteiger partial charge in [0.25, 0.3) is 0 Å². The van der Waals surface area contributed by atoms with Gasteiger partial charge in [-0.2, -0.15) is 0 Å². The van der Waals surface area contributed by atoms with Gasteiger partial charge in [-0.3, -0.25) is 0 Å². The summed E-state index contributed by atoms with van der Waals surface area (Å²) in [5.41, 5.74) is 1.58. The van der Waals surface area contributed by atoms with E-state index < -0.39 is 0 Å². The summed E-state index contributed by atoms with van der Waals surface area (Å²) in [6.45, 7) is 0. The Morgan fingerprint density at radius 2 is 1.67 bits per heavy atom. The molecular formula is C16H13Br2Cl2F. The molecule has 112 valence electrons. The first-order chi connectivity index (χ1) is 10.0. The fraction of sp³-hybridized carbons (Fsp3) is 0.250. The number of rotatable bonds is 5. The molecule has 5 heteroatoms. The predicted molar refractivity (Wildman–Crippen MR) is 95.8 cm³/mol. The lowest BCUT2D eigenvalue weighted by Crippen LogP contribution is -2.33. The zero-order chi connectivity index (χ0) is 15.5. The first-order valence-corrected chi connectivity index (χ1v) is 9.33. The summed E-state index contributed by atoms with van der Waals surface area (Å²) in [6.07, 6.45) is 0.659. The largest absolute Gasteiger partial charge is 0.207 e. The zero-order valence-electron chi connectivity index (χ0n) is 11.1. The predicted octanol–water partition coefficient (Wildman–Crippen LogP) is 6.40. The van der Waals surface area contributed by atoms with Crippen LogP contribution >= 0.6 is 55.1 Å². The van der Waals surface area contributed by atoms with Crippen LogP contribution in [-0.4, -0.2) is 10.7 Å². The van der Waals surface area contributed by atoms with Crippen LogP contribution in [0.25, 0.3) is 0 Å². The van der Waals surface area contributed by atoms with Crippen molar-refractivity contribution in [3.8, 4) is 0 Å². The van der Waals surface area contributed by atoms with Gasteiger partial charge in [-0.25, -0.2) is 4.39 Å². The summed E-state index contributed by atoms with van der Waals surface area (Å²) in [6, 6.07) is 12.3. The summed E-state index contributed by atoms with van der Waals surface area (Å²) in [4.78, 5) is 0. The van der Waals surface area contributed by atoms with E-state index in [0.29, 0.717) is 27.1 Å². The minimum atomic E-state index is -0.295. The van der Waals surface area contributed by atoms with Gasteiger partial charge in [-0.15, -0.1) is 0 Å². The number of hydrogen-bond donors (Lipinski definition) is 0. The van der Waals surface area contributed by atoms with Crippen LogP contribution in [-0.2, 0) is 11.8 Å². The van der Waals surface area contributed by atoms with E-state index in [-0.39, 0.29) is 11.2 Å². The molecule has 2 aromatic carbocycles. The standard InChI is InChI=1S/C16H13Br2Cl2F/c17-9-16(10-18,12-4-2-5-13(21)7-12)8-11-3-1-6-14(19)15(11)20/h1-7H,8-10H2. The van der Waals surface area contributed by atoms with Crippen molar-refractivity contribution in [3.05, 3.63) is 69.5 Å². The molecule has 21 heavy (non-hydrogen) atoms. The lowest BCUT2D eigenvalue weighted by Gasteiger charge is -2.31. The Balaban J connectivity index is 2.45. The van der Waals surface area contributed by atoms with Gasteiger partial charge in [0.15, 0.2) is 0 Å². The molecule has 0 heterocycles. The number of halogens is 5. The lowest BCUT2D eigenvalue weighted by molar-refractivity contribution is 0.541. The monoisotopic (exact) mass is 452 g/mol. The van der Waals surface area contributed by atoms with Crippen molar-refractivity contribution in [1.29, 1.82) is 0 Å². The van der Waals surface area contributed by atoms with Crippen LogP contribution in [0.15, 0.2) is 42.5 Å². The third kappa shape index (κ3) is 3.82. The highest BCUT2D eigenvalue weighted by atomic mass is 79.9. The van der Waals surface area contributed by atoms with E-state index in [4.69, 9.17) is 23.2 Å². The average Bonchev–Trinajstić information content (AvgIpc) is 2.49. The molecule has 0 aromatic heterocycles. The molecule has 2 aromatic rings. The number of benzene rings is 2. The van der Waals surface area contributed by atoms with E-state index in [1.807, 2.05) is 18.2 Å². The van der Waals surface area contributed by atoms with Gasteiger partial charge >= 0.3 is 0 Å². The van der Waals surface area contributed by atoms with Gasteiger partial charge in [0.05, 0.1) is 10.0 Å². The van der Waals surface area contributed by atoms with Crippen LogP contribution in [0, 0.1) is 5.82 Å². The van der Waals surface area contributed by atoms with Crippen LogP contribution in [0.1, 0.15) is 11.1 Å². The Kier molecular flexibility index (Phi) is 6.13. The lowest BCUT2D eigenvalue weighted by atomic mass is 9.79. The molecule has 0 aliphatic carbocycles. The highest BCUT2D eigenvalue weighted by Gasteiger charge is 2.31. The molecule has 0 unspecified atom stereocenters. The third-order valence-corrected chi connectivity index (χ3v) is 6.51. The van der Waals surface area contributed by atoms with Crippen LogP contribution in [0.4, 0.5) is 4.39 Å². The van der Waals surface area contributed by atoms with Crippen molar-refractivity contribution in [2.45, 2.75) is 11.8 Å². The fourth-order valence-corrected chi connectivity index (χ4v) is 4.61. The molecule has 0 nitrogen and oxygen atoms in total. The zero-order valence-corrected chi connectivity index (χ0v) is 15.7. The normalized spacial score (nSPS) is 11.7. The molecule has 0 aliphatic rings. The van der Waals surface area contributed by atoms with E-state index in [2.05, 4.69) is 31.9 Å². The highest BCUT2D eigenvalue weighted by Crippen LogP contribution is 2.36. The van der Waals surface area contributed by atoms with Crippen molar-refractivity contribution in [1.82, 2.24) is 0 Å². The highest BCUT2D eigenvalue weighted by molar-refractivity contribution is 9.09. The first-order valence-electron chi connectivity index (χ1n) is 6.33. The average molecular weight is 455 g/mol. The quantitative estimate of drug-likeness (QED) is 0.458. The molecular weight excluding hydrogens is 442 g/mol. The first kappa shape index (κ1) is 17.3. The van der Waals surface area contributed by atoms with Crippen molar-refractivity contribution in [2.24, 2.45) is 0 Å². The van der Waals surface area contributed by atoms with Crippen LogP contribution in [0.3, 0.4) is 0 Å². The van der Waals surface area contributed by atoms with E-state index in [0.717, 1.165) is 11.1 Å². The minimum absolute atomic E-state index is 0.240. The van der Waals surface area contributed by atoms with Crippen molar-refractivity contribution in [3.63, 3.8) is 0 Å². The second-order valence-corrected chi connectivity index (χ2v) is 6.85. The van der Waals surface area contributed by atoms with Crippen molar-refractivity contribution >= 4 is 55.1 Å². The Bertz CT molecular complexity index is 627. The maximum atomic E-state index is 13.6. The van der Waals surface area contributed by atoms with E-state index in [9.17, 15) is 4.39 Å². The van der Waals surface area contributed by atoms with Crippen molar-refractivity contribution in [2.75, 3.05) is 10.7 Å². The van der Waals surface area contributed by atoms with Gasteiger partial charge in [-0.05, 0) is 35.7 Å². The number of alkyl halides is 2. The van der Waals surface area contributed by atoms with Gasteiger partial charge in [0.1, 0.15) is 5.82 Å². The Morgan fingerprint density at radius 3 is 2.29 bits per heavy atom. The second-order valence-electron chi connectivity index (χ2n) is 4.95. The van der Waals surface area contributed by atoms with Gasteiger partial charge in [0.2, 0.25) is 0 Å². The summed E-state index contributed by atoms with van der Waals surface area (Å²) in [5.74, 6) is -0.240. The molecule has 0 saturated carbocycles. The van der Waals surface area contributed by atoms with Crippen LogP contribution < -0.4 is 0 Å². The van der Waals surface area contributed by atoms with Gasteiger partial charge < -0.3 is 0 Å². The maximum Gasteiger partial charge on any atom is 0.123 e. The SMILES string of the molecule is Fc1cccc(C(CBr)(CBr)Cc2cccc(Cl)c2Cl)c1. The van der Waals surface area contributed by atoms with E-state index in [1.165, 1.54) is 6.07 Å². The topological polar surface area (TPSA) is 0 Å². The van der Waals surface area contributed by atoms with E-state index in [1.54, 1.807) is 18.2 Å². The molecule has 0 atom stereocenters. The fourth-order valence-electron chi connectivity index (χ4n) is 2.25. The smallest absolute Gasteiger partial charge is 0.123 e. The molecule has 0 spiro atoms. The maximum absolute atomic E-state index is 13.6. The van der Waals surface area contributed by atoms with Crippen molar-refractivity contribution < 1.29 is 4.39 Å². The molecule has 0 fully saturated rings. The Morgan fingerprint density at radius 1 is 1.00 bits per heavy atom. The van der Waals surface area contributed by atoms with Crippen LogP contribution in [0.2, 0.25) is 10.0 Å². The second kappa shape index (κ2) is 7.45. The molecule has 0 N–H and O–H groups in total. The molecule has 0 bridgehead atoms. The van der Waals surface area contributed by atoms with Crippen LogP contribution in [0.5, 0.6) is 0 Å². The summed E-state index contributed by atoms with van der Waals surface area (Å²) < 4.78 is 13.6. The molecule has 2 rings (SSSR count). The molecule has 0 aliphatic heterocycles. The summed E-state index contributed by atoms with van der Waals surface area (Å²) >= 11 is 19.5. The molecule has 0 amide bonds. The van der Waals surface area contributed by atoms with Gasteiger partial charge in [0, 0.05) is 16.1 Å². The van der Waals surface area contributed by atoms with E-state index >= 15 is 0 Å². The van der Waals surface area contributed by atoms with Gasteiger partial charge in [-0.1, -0.05) is 79.3 Å². The molecule has 0 saturated heterocycles. The molecule has 0 radical (unpaired) electrons. The summed E-state index contributed by atoms with van der Waals surface area (Å²) in [7, 11) is 0. The summed E-state index contributed by atoms with van der Waals surface area (Å²) in [5, 5.41) is 2.45. The Labute approximate surface area is 150 Å². The minimum Gasteiger partial charge on any atom is -0.207 e.